The summed E-state index contributed by atoms with van der Waals surface area (Å²) >= 11 is 2.29. The minimum Gasteiger partial charge on any atom is -0.353 e. The number of imidazole rings is 1. The number of aromatic nitrogens is 3. The molecule has 82 valence electrons. The van der Waals surface area contributed by atoms with Gasteiger partial charge in [-0.15, -0.1) is 0 Å². The lowest BCUT2D eigenvalue weighted by Gasteiger charge is -2.06. The van der Waals surface area contributed by atoms with Crippen molar-refractivity contribution >= 4 is 28.7 Å². The Morgan fingerprint density at radius 2 is 2.31 bits per heavy atom. The Bertz CT molecular complexity index is 484. The van der Waals surface area contributed by atoms with E-state index in [1.54, 1.807) is 18.7 Å². The third-order valence-corrected chi connectivity index (χ3v) is 3.48. The molecule has 16 heavy (non-hydrogen) atoms. The molecule has 0 aliphatic carbocycles. The van der Waals surface area contributed by atoms with Crippen LogP contribution < -0.4 is 5.32 Å². The molecule has 6 heteroatoms. The van der Waals surface area contributed by atoms with Gasteiger partial charge in [0.25, 0.3) is 0 Å². The molecule has 0 spiro atoms. The van der Waals surface area contributed by atoms with Gasteiger partial charge in [0, 0.05) is 54.1 Å². The van der Waals surface area contributed by atoms with Gasteiger partial charge < -0.3 is 9.88 Å². The molecule has 0 saturated carbocycles. The van der Waals surface area contributed by atoms with Crippen LogP contribution in [-0.2, 0) is 0 Å². The molecule has 5 nitrogen and oxygen atoms in total. The lowest BCUT2D eigenvalue weighted by molar-refractivity contribution is 0.906. The second kappa shape index (κ2) is 4.02. The lowest BCUT2D eigenvalue weighted by atomic mass is 10.4. The standard InChI is InChI=1S/C10H10IN5/c11-16-6-10(16)14-9-5-8(1-2-13-9)15-4-3-12-7-15/h1-5,7,10H,6H2,(H,13,14). The summed E-state index contributed by atoms with van der Waals surface area (Å²) in [4.78, 5) is 8.32. The summed E-state index contributed by atoms with van der Waals surface area (Å²) in [6.45, 7) is 1.07. The maximum absolute atomic E-state index is 4.29. The number of hydrogen-bond donors (Lipinski definition) is 1. The van der Waals surface area contributed by atoms with Gasteiger partial charge in [0.15, 0.2) is 0 Å². The van der Waals surface area contributed by atoms with Gasteiger partial charge in [0.05, 0.1) is 12.0 Å². The fraction of sp³-hybridized carbons (Fsp3) is 0.200. The summed E-state index contributed by atoms with van der Waals surface area (Å²) in [6, 6.07) is 3.98. The van der Waals surface area contributed by atoms with E-state index >= 15 is 0 Å². The van der Waals surface area contributed by atoms with Crippen LogP contribution in [0.4, 0.5) is 5.82 Å². The zero-order valence-corrected chi connectivity index (χ0v) is 10.6. The number of nitrogens with one attached hydrogen (secondary N) is 1. The summed E-state index contributed by atoms with van der Waals surface area (Å²) in [5.74, 6) is 0.898. The molecule has 1 N–H and O–H groups in total. The average molecular weight is 327 g/mol. The molecule has 2 aromatic heterocycles. The Balaban J connectivity index is 1.82. The minimum absolute atomic E-state index is 0.422. The maximum atomic E-state index is 4.29. The summed E-state index contributed by atoms with van der Waals surface area (Å²) in [6.07, 6.45) is 7.69. The molecular formula is C10H10IN5. The Labute approximate surface area is 107 Å². The summed E-state index contributed by atoms with van der Waals surface area (Å²) < 4.78 is 4.14. The fourth-order valence-electron chi connectivity index (χ4n) is 1.48. The molecular weight excluding hydrogens is 317 g/mol. The van der Waals surface area contributed by atoms with Gasteiger partial charge in [-0.05, 0) is 6.07 Å². The van der Waals surface area contributed by atoms with E-state index in [1.165, 1.54) is 0 Å². The molecule has 2 atom stereocenters. The molecule has 2 aromatic rings. The quantitative estimate of drug-likeness (QED) is 0.529. The van der Waals surface area contributed by atoms with Crippen LogP contribution in [0.1, 0.15) is 0 Å². The fourth-order valence-corrected chi connectivity index (χ4v) is 1.99. The first-order valence-corrected chi connectivity index (χ1v) is 5.93. The summed E-state index contributed by atoms with van der Waals surface area (Å²) in [5, 5.41) is 3.34. The molecule has 2 unspecified atom stereocenters. The van der Waals surface area contributed by atoms with E-state index in [2.05, 4.69) is 41.3 Å². The first-order valence-electron chi connectivity index (χ1n) is 4.96. The summed E-state index contributed by atoms with van der Waals surface area (Å²) in [7, 11) is 0. The van der Waals surface area contributed by atoms with Gasteiger partial charge in [-0.2, -0.15) is 0 Å². The first-order chi connectivity index (χ1) is 7.83. The van der Waals surface area contributed by atoms with Crippen LogP contribution in [-0.4, -0.2) is 30.4 Å². The van der Waals surface area contributed by atoms with Crippen molar-refractivity contribution in [3.05, 3.63) is 37.1 Å². The Kier molecular flexibility index (Phi) is 2.52. The van der Waals surface area contributed by atoms with Crippen LogP contribution in [0.3, 0.4) is 0 Å². The SMILES string of the molecule is IN1CC1Nc1cc(-n2ccnc2)ccn1. The lowest BCUT2D eigenvalue weighted by Crippen LogP contribution is -2.07. The van der Waals surface area contributed by atoms with E-state index in [9.17, 15) is 0 Å². The largest absolute Gasteiger partial charge is 0.353 e. The van der Waals surface area contributed by atoms with E-state index in [0.29, 0.717) is 6.17 Å². The van der Waals surface area contributed by atoms with Crippen molar-refractivity contribution in [2.24, 2.45) is 0 Å². The minimum atomic E-state index is 0.422. The second-order valence-electron chi connectivity index (χ2n) is 3.61. The molecule has 1 aliphatic rings. The number of halogens is 1. The van der Waals surface area contributed by atoms with Crippen LogP contribution in [0.25, 0.3) is 5.69 Å². The molecule has 0 amide bonds. The number of anilines is 1. The predicted octanol–water partition coefficient (Wildman–Crippen LogP) is 1.67. The van der Waals surface area contributed by atoms with Crippen molar-refractivity contribution in [1.29, 1.82) is 0 Å². The highest BCUT2D eigenvalue weighted by molar-refractivity contribution is 14.1. The van der Waals surface area contributed by atoms with Crippen molar-refractivity contribution in [1.82, 2.24) is 17.6 Å². The highest BCUT2D eigenvalue weighted by Gasteiger charge is 2.31. The van der Waals surface area contributed by atoms with Gasteiger partial charge in [0.2, 0.25) is 0 Å². The molecule has 0 radical (unpaired) electrons. The van der Waals surface area contributed by atoms with Gasteiger partial charge >= 0.3 is 0 Å². The summed E-state index contributed by atoms with van der Waals surface area (Å²) in [5.41, 5.74) is 1.07. The van der Waals surface area contributed by atoms with Crippen LogP contribution in [0, 0.1) is 0 Å². The normalized spacial score (nSPS) is 23.1. The van der Waals surface area contributed by atoms with Crippen LogP contribution >= 0.6 is 22.9 Å². The third-order valence-electron chi connectivity index (χ3n) is 2.41. The van der Waals surface area contributed by atoms with E-state index in [-0.39, 0.29) is 0 Å². The van der Waals surface area contributed by atoms with E-state index in [0.717, 1.165) is 18.1 Å². The van der Waals surface area contributed by atoms with Crippen molar-refractivity contribution in [2.75, 3.05) is 11.9 Å². The topological polar surface area (TPSA) is 45.8 Å². The van der Waals surface area contributed by atoms with Crippen LogP contribution in [0.2, 0.25) is 0 Å². The molecule has 3 heterocycles. The highest BCUT2D eigenvalue weighted by Crippen LogP contribution is 2.24. The molecule has 0 aromatic carbocycles. The van der Waals surface area contributed by atoms with Crippen molar-refractivity contribution in [2.45, 2.75) is 6.17 Å². The monoisotopic (exact) mass is 327 g/mol. The molecule has 1 fully saturated rings. The Morgan fingerprint density at radius 3 is 3.00 bits per heavy atom. The second-order valence-corrected chi connectivity index (χ2v) is 4.85. The Morgan fingerprint density at radius 1 is 1.44 bits per heavy atom. The number of pyridine rings is 1. The molecule has 0 bridgehead atoms. The first kappa shape index (κ1) is 10.0. The molecule has 1 aliphatic heterocycles. The molecule has 1 saturated heterocycles. The van der Waals surface area contributed by atoms with E-state index in [1.807, 2.05) is 22.9 Å². The van der Waals surface area contributed by atoms with Gasteiger partial charge in [-0.1, -0.05) is 0 Å². The highest BCUT2D eigenvalue weighted by atomic mass is 127. The van der Waals surface area contributed by atoms with E-state index in [4.69, 9.17) is 0 Å². The van der Waals surface area contributed by atoms with Crippen molar-refractivity contribution in [3.63, 3.8) is 0 Å². The number of hydrogen-bond acceptors (Lipinski definition) is 4. The van der Waals surface area contributed by atoms with Crippen molar-refractivity contribution < 1.29 is 0 Å². The third kappa shape index (κ3) is 2.03. The number of rotatable bonds is 3. The van der Waals surface area contributed by atoms with Crippen molar-refractivity contribution in [3.8, 4) is 5.69 Å². The smallest absolute Gasteiger partial charge is 0.129 e. The van der Waals surface area contributed by atoms with Crippen LogP contribution in [0.15, 0.2) is 37.1 Å². The molecule has 3 rings (SSSR count). The van der Waals surface area contributed by atoms with Gasteiger partial charge in [0.1, 0.15) is 12.0 Å². The zero-order valence-electron chi connectivity index (χ0n) is 8.42. The number of nitrogens with zero attached hydrogens (tertiary/aromatic N) is 4. The zero-order chi connectivity index (χ0) is 11.0. The average Bonchev–Trinajstić information content (AvgIpc) is 2.83. The predicted molar refractivity (Wildman–Crippen MR) is 69.5 cm³/mol. The maximum Gasteiger partial charge on any atom is 0.129 e. The van der Waals surface area contributed by atoms with E-state index < -0.39 is 0 Å². The van der Waals surface area contributed by atoms with Gasteiger partial charge in [-0.3, -0.25) is 0 Å². The van der Waals surface area contributed by atoms with Gasteiger partial charge in [-0.25, -0.2) is 13.1 Å². The Hall–Kier alpha value is -1.15. The van der Waals surface area contributed by atoms with Crippen LogP contribution in [0.5, 0.6) is 0 Å².